The molecular formula is C21H19ClF4N6O3. The zero-order chi connectivity index (χ0) is 25.7. The third kappa shape index (κ3) is 4.55. The van der Waals surface area contributed by atoms with Crippen molar-refractivity contribution in [3.05, 3.63) is 57.9 Å². The minimum Gasteiger partial charge on any atom is -0.373 e. The van der Waals surface area contributed by atoms with Gasteiger partial charge in [-0.15, -0.1) is 5.10 Å². The van der Waals surface area contributed by atoms with Crippen molar-refractivity contribution in [2.24, 2.45) is 14.1 Å². The van der Waals surface area contributed by atoms with E-state index in [1.807, 2.05) is 0 Å². The van der Waals surface area contributed by atoms with Crippen molar-refractivity contribution in [1.82, 2.24) is 24.2 Å². The molecule has 1 aliphatic carbocycles. The fraction of sp³-hybridized carbons (Fsp3) is 0.333. The van der Waals surface area contributed by atoms with Crippen LogP contribution in [0.1, 0.15) is 39.8 Å². The number of ether oxygens (including phenoxy) is 1. The number of benzene rings is 1. The Morgan fingerprint density at radius 1 is 1.29 bits per heavy atom. The molecule has 2 aromatic heterocycles. The van der Waals surface area contributed by atoms with Crippen molar-refractivity contribution < 1.29 is 31.9 Å². The van der Waals surface area contributed by atoms with E-state index in [9.17, 15) is 27.2 Å². The maximum absolute atomic E-state index is 14.1. The number of alkyl halides is 3. The Hall–Kier alpha value is -3.61. The van der Waals surface area contributed by atoms with Crippen molar-refractivity contribution in [1.29, 1.82) is 0 Å². The minimum atomic E-state index is -4.81. The summed E-state index contributed by atoms with van der Waals surface area (Å²) in [4.78, 5) is 30.4. The molecule has 2 amide bonds. The van der Waals surface area contributed by atoms with Gasteiger partial charge in [0, 0.05) is 32.4 Å². The predicted molar refractivity (Wildman–Crippen MR) is 116 cm³/mol. The van der Waals surface area contributed by atoms with Gasteiger partial charge in [-0.05, 0) is 36.6 Å². The predicted octanol–water partition coefficient (Wildman–Crippen LogP) is 4.34. The van der Waals surface area contributed by atoms with Gasteiger partial charge in [-0.25, -0.2) is 9.18 Å². The van der Waals surface area contributed by atoms with E-state index in [4.69, 9.17) is 16.3 Å². The number of hydrogen-bond donors (Lipinski definition) is 1. The summed E-state index contributed by atoms with van der Waals surface area (Å²) in [5.74, 6) is -1.53. The molecule has 1 atom stereocenters. The molecule has 14 heteroatoms. The summed E-state index contributed by atoms with van der Waals surface area (Å²) in [6.45, 7) is 0. The van der Waals surface area contributed by atoms with Crippen LogP contribution >= 0.6 is 11.6 Å². The summed E-state index contributed by atoms with van der Waals surface area (Å²) in [6, 6.07) is 2.17. The van der Waals surface area contributed by atoms with Gasteiger partial charge in [0.25, 0.3) is 5.91 Å². The normalized spacial score (nSPS) is 15.1. The molecule has 0 saturated carbocycles. The lowest BCUT2D eigenvalue weighted by Gasteiger charge is -2.25. The Balaban J connectivity index is 1.69. The lowest BCUT2D eigenvalue weighted by molar-refractivity contribution is -0.144. The lowest BCUT2D eigenvalue weighted by atomic mass is 10.1. The highest BCUT2D eigenvalue weighted by Crippen LogP contribution is 2.46. The second-order valence-corrected chi connectivity index (χ2v) is 8.37. The number of aromatic nitrogens is 4. The molecule has 9 nitrogen and oxygen atoms in total. The molecule has 1 N–H and O–H groups in total. The second kappa shape index (κ2) is 8.87. The molecule has 0 fully saturated rings. The topological polar surface area (TPSA) is 94.3 Å². The molecule has 0 radical (unpaired) electrons. The Labute approximate surface area is 201 Å². The molecule has 1 aliphatic rings. The highest BCUT2D eigenvalue weighted by molar-refractivity contribution is 6.31. The monoisotopic (exact) mass is 514 g/mol. The molecule has 0 bridgehead atoms. The highest BCUT2D eigenvalue weighted by atomic mass is 35.5. The van der Waals surface area contributed by atoms with Crippen LogP contribution in [-0.2, 0) is 26.7 Å². The number of amides is 2. The number of aryl methyl sites for hydroxylation is 1. The molecule has 4 rings (SSSR count). The summed E-state index contributed by atoms with van der Waals surface area (Å²) >= 11 is 5.74. The van der Waals surface area contributed by atoms with Gasteiger partial charge in [0.05, 0.1) is 11.1 Å². The first kappa shape index (κ1) is 24.5. The number of nitrogens with zero attached hydrogens (tertiary/aromatic N) is 5. The molecule has 186 valence electrons. The van der Waals surface area contributed by atoms with Crippen LogP contribution in [0.2, 0.25) is 5.02 Å². The van der Waals surface area contributed by atoms with Crippen molar-refractivity contribution >= 4 is 29.3 Å². The van der Waals surface area contributed by atoms with E-state index in [-0.39, 0.29) is 46.4 Å². The number of hydrogen-bond acceptors (Lipinski definition) is 5. The van der Waals surface area contributed by atoms with Crippen LogP contribution in [0.3, 0.4) is 0 Å². The van der Waals surface area contributed by atoms with Crippen LogP contribution in [0.5, 0.6) is 6.01 Å². The number of carbonyl (C=O) groups is 2. The molecule has 1 unspecified atom stereocenters. The van der Waals surface area contributed by atoms with E-state index < -0.39 is 35.7 Å². The van der Waals surface area contributed by atoms with E-state index in [1.54, 1.807) is 7.05 Å². The van der Waals surface area contributed by atoms with E-state index in [0.29, 0.717) is 0 Å². The van der Waals surface area contributed by atoms with Crippen LogP contribution in [-0.4, -0.2) is 43.3 Å². The fourth-order valence-corrected chi connectivity index (χ4v) is 4.41. The summed E-state index contributed by atoms with van der Waals surface area (Å²) in [5, 5.41) is 6.03. The number of fused-ring (bicyclic) bond motifs is 1. The Morgan fingerprint density at radius 2 is 2.00 bits per heavy atom. The number of carbonyl (C=O) groups excluding carboxylic acids is 2. The van der Waals surface area contributed by atoms with E-state index in [0.717, 1.165) is 28.6 Å². The summed E-state index contributed by atoms with van der Waals surface area (Å²) < 4.78 is 62.9. The van der Waals surface area contributed by atoms with Gasteiger partial charge < -0.3 is 19.5 Å². The quantitative estimate of drug-likeness (QED) is 0.523. The van der Waals surface area contributed by atoms with Crippen molar-refractivity contribution in [2.45, 2.75) is 25.1 Å². The molecule has 35 heavy (non-hydrogen) atoms. The molecule has 0 spiro atoms. The van der Waals surface area contributed by atoms with Crippen molar-refractivity contribution in [2.75, 3.05) is 12.4 Å². The maximum Gasteiger partial charge on any atom is 0.431 e. The number of rotatable bonds is 4. The van der Waals surface area contributed by atoms with Crippen LogP contribution < -0.4 is 10.1 Å². The molecule has 0 aliphatic heterocycles. The van der Waals surface area contributed by atoms with Crippen molar-refractivity contribution in [3.8, 4) is 6.01 Å². The average Bonchev–Trinajstić information content (AvgIpc) is 3.43. The molecular weight excluding hydrogens is 496 g/mol. The Kier molecular flexibility index (Phi) is 6.21. The first-order valence-electron chi connectivity index (χ1n) is 10.2. The summed E-state index contributed by atoms with van der Waals surface area (Å²) in [5.41, 5.74) is -1.18. The van der Waals surface area contributed by atoms with Gasteiger partial charge in [0.15, 0.2) is 0 Å². The molecule has 1 aromatic carbocycles. The lowest BCUT2D eigenvalue weighted by Crippen LogP contribution is -2.34. The van der Waals surface area contributed by atoms with Crippen LogP contribution in [0.15, 0.2) is 24.5 Å². The largest absolute Gasteiger partial charge is 0.431 e. The number of halogens is 5. The molecule has 3 aromatic rings. The Morgan fingerprint density at radius 3 is 2.60 bits per heavy atom. The second-order valence-electron chi connectivity index (χ2n) is 7.96. The van der Waals surface area contributed by atoms with E-state index in [2.05, 4.69) is 15.4 Å². The number of nitrogens with one attached hydrogen (secondary N) is 1. The summed E-state index contributed by atoms with van der Waals surface area (Å²) in [7, 11) is 3.99. The van der Waals surface area contributed by atoms with Gasteiger partial charge in [-0.3, -0.25) is 9.48 Å². The fourth-order valence-electron chi connectivity index (χ4n) is 4.23. The molecule has 2 heterocycles. The first-order valence-corrected chi connectivity index (χ1v) is 10.6. The van der Waals surface area contributed by atoms with Crippen LogP contribution in [0, 0.1) is 5.82 Å². The zero-order valence-corrected chi connectivity index (χ0v) is 19.4. The Bertz CT molecular complexity index is 1320. The van der Waals surface area contributed by atoms with E-state index in [1.165, 1.54) is 24.1 Å². The van der Waals surface area contributed by atoms with Crippen LogP contribution in [0.25, 0.3) is 0 Å². The third-order valence-electron chi connectivity index (χ3n) is 5.71. The third-order valence-corrected chi connectivity index (χ3v) is 6.00. The summed E-state index contributed by atoms with van der Waals surface area (Å²) in [6.07, 6.45) is -4.21. The van der Waals surface area contributed by atoms with Gasteiger partial charge >= 0.3 is 18.3 Å². The average molecular weight is 515 g/mol. The minimum absolute atomic E-state index is 0.107. The van der Waals surface area contributed by atoms with Gasteiger partial charge in [-0.2, -0.15) is 18.2 Å². The first-order chi connectivity index (χ1) is 16.4. The SMILES string of the molecule is CN(C(=O)Oc1ncn(C)n1)C1CCc2c1c(C(F)(F)F)n(C)c2C(=O)Nc1ccc(F)c(Cl)c1. The number of anilines is 1. The van der Waals surface area contributed by atoms with Gasteiger partial charge in [0.2, 0.25) is 0 Å². The standard InChI is InChI=1S/C21H19ClF4N6O3/c1-30-9-27-19(29-30)35-20(34)31(2)14-7-5-11-15(14)17(21(24,25)26)32(3)16(11)18(33)28-10-4-6-13(23)12(22)8-10/h4,6,8-9,14H,5,7H2,1-3H3,(H,28,33). The zero-order valence-electron chi connectivity index (χ0n) is 18.7. The maximum atomic E-state index is 14.1. The van der Waals surface area contributed by atoms with Gasteiger partial charge in [0.1, 0.15) is 23.5 Å². The van der Waals surface area contributed by atoms with E-state index >= 15 is 0 Å². The highest BCUT2D eigenvalue weighted by Gasteiger charge is 2.47. The van der Waals surface area contributed by atoms with Crippen LogP contribution in [0.4, 0.5) is 28.0 Å². The van der Waals surface area contributed by atoms with Gasteiger partial charge in [-0.1, -0.05) is 11.6 Å². The smallest absolute Gasteiger partial charge is 0.373 e. The van der Waals surface area contributed by atoms with Crippen molar-refractivity contribution in [3.63, 3.8) is 0 Å². The molecule has 0 saturated heterocycles.